The zero-order chi connectivity index (χ0) is 13.9. The number of carbonyl (C=O) groups excluding carboxylic acids is 1. The Morgan fingerprint density at radius 3 is 2.85 bits per heavy atom. The summed E-state index contributed by atoms with van der Waals surface area (Å²) in [4.78, 5) is 15.0. The van der Waals surface area contributed by atoms with E-state index < -0.39 is 11.9 Å². The highest BCUT2D eigenvalue weighted by Gasteiger charge is 2.33. The quantitative estimate of drug-likeness (QED) is 0.891. The Balaban J connectivity index is 0.00000200. The molecule has 114 valence electrons. The first-order chi connectivity index (χ1) is 8.95. The van der Waals surface area contributed by atoms with Crippen LogP contribution in [0.1, 0.15) is 30.0 Å². The molecule has 0 aromatic carbocycles. The number of rotatable bonds is 4. The molecule has 1 aromatic heterocycles. The molecule has 1 saturated heterocycles. The molecule has 1 fully saturated rings. The van der Waals surface area contributed by atoms with E-state index in [-0.39, 0.29) is 35.9 Å². The van der Waals surface area contributed by atoms with Crippen molar-refractivity contribution in [1.29, 1.82) is 0 Å². The number of halogens is 4. The Hall–Kier alpha value is -0.860. The monoisotopic (exact) mass is 329 g/mol. The van der Waals surface area contributed by atoms with E-state index in [4.69, 9.17) is 0 Å². The van der Waals surface area contributed by atoms with E-state index in [2.05, 4.69) is 15.6 Å². The van der Waals surface area contributed by atoms with E-state index in [0.717, 1.165) is 36.1 Å². The molecule has 4 nitrogen and oxygen atoms in total. The van der Waals surface area contributed by atoms with Gasteiger partial charge in [-0.1, -0.05) is 0 Å². The summed E-state index contributed by atoms with van der Waals surface area (Å²) in [5.74, 6) is -0.164. The van der Waals surface area contributed by atoms with Crippen molar-refractivity contribution in [3.63, 3.8) is 0 Å². The smallest absolute Gasteiger partial charge is 0.350 e. The number of hydrogen-bond acceptors (Lipinski definition) is 4. The molecule has 0 aliphatic carbocycles. The molecule has 9 heteroatoms. The van der Waals surface area contributed by atoms with Crippen LogP contribution >= 0.6 is 23.7 Å². The largest absolute Gasteiger partial charge is 0.434 e. The lowest BCUT2D eigenvalue weighted by Crippen LogP contribution is -2.31. The lowest BCUT2D eigenvalue weighted by molar-refractivity contribution is -0.140. The number of aromatic nitrogens is 1. The van der Waals surface area contributed by atoms with Crippen molar-refractivity contribution < 1.29 is 18.0 Å². The maximum absolute atomic E-state index is 12.3. The highest BCUT2D eigenvalue weighted by Crippen LogP contribution is 2.29. The van der Waals surface area contributed by atoms with Crippen molar-refractivity contribution in [1.82, 2.24) is 15.6 Å². The number of hydrogen-bond donors (Lipinski definition) is 2. The Morgan fingerprint density at radius 2 is 2.30 bits per heavy atom. The third-order valence-corrected chi connectivity index (χ3v) is 3.72. The van der Waals surface area contributed by atoms with Gasteiger partial charge in [0.2, 0.25) is 5.91 Å². The average molecular weight is 330 g/mol. The lowest BCUT2D eigenvalue weighted by Gasteiger charge is -2.09. The van der Waals surface area contributed by atoms with Gasteiger partial charge in [-0.25, -0.2) is 4.98 Å². The van der Waals surface area contributed by atoms with Gasteiger partial charge in [0.25, 0.3) is 0 Å². The van der Waals surface area contributed by atoms with Crippen molar-refractivity contribution in [3.8, 4) is 0 Å². The van der Waals surface area contributed by atoms with Crippen molar-refractivity contribution in [2.45, 2.75) is 38.0 Å². The van der Waals surface area contributed by atoms with Crippen LogP contribution in [-0.2, 0) is 17.5 Å². The first-order valence-electron chi connectivity index (χ1n) is 5.97. The van der Waals surface area contributed by atoms with Crippen LogP contribution < -0.4 is 10.6 Å². The number of alkyl halides is 3. The molecular weight excluding hydrogens is 315 g/mol. The minimum absolute atomic E-state index is 0. The number of nitrogens with one attached hydrogen (secondary N) is 2. The summed E-state index contributed by atoms with van der Waals surface area (Å²) in [7, 11) is 0. The zero-order valence-corrected chi connectivity index (χ0v) is 12.1. The molecule has 1 atom stereocenters. The summed E-state index contributed by atoms with van der Waals surface area (Å²) in [6.45, 7) is 0.964. The second-order valence-corrected chi connectivity index (χ2v) is 5.34. The third kappa shape index (κ3) is 4.92. The second-order valence-electron chi connectivity index (χ2n) is 4.40. The highest BCUT2D eigenvalue weighted by atomic mass is 35.5. The van der Waals surface area contributed by atoms with E-state index in [0.29, 0.717) is 6.42 Å². The van der Waals surface area contributed by atoms with Crippen LogP contribution in [0.3, 0.4) is 0 Å². The van der Waals surface area contributed by atoms with Crippen LogP contribution in [-0.4, -0.2) is 23.5 Å². The summed E-state index contributed by atoms with van der Waals surface area (Å²) in [5, 5.41) is 7.00. The third-order valence-electron chi connectivity index (χ3n) is 2.87. The van der Waals surface area contributed by atoms with Gasteiger partial charge in [-0.2, -0.15) is 13.2 Å². The van der Waals surface area contributed by atoms with Crippen molar-refractivity contribution in [3.05, 3.63) is 16.1 Å². The average Bonchev–Trinajstić information content (AvgIpc) is 2.95. The molecule has 2 heterocycles. The standard InChI is InChI=1S/C11H14F3N3OS.ClH/c12-11(13,14)8-6-19-10(17-8)5-16-9(18)4-7-2-1-3-15-7;/h6-7,15H,1-5H2,(H,16,18);1H. The van der Waals surface area contributed by atoms with Gasteiger partial charge in [0.05, 0.1) is 6.54 Å². The SMILES string of the molecule is Cl.O=C(CC1CCCN1)NCc1nc(C(F)(F)F)cs1. The fraction of sp³-hybridized carbons (Fsp3) is 0.636. The Labute approximate surface area is 124 Å². The molecule has 0 spiro atoms. The molecule has 0 saturated carbocycles. The molecule has 2 N–H and O–H groups in total. The van der Waals surface area contributed by atoms with Crippen molar-refractivity contribution >= 4 is 29.7 Å². The molecule has 1 aromatic rings. The first-order valence-corrected chi connectivity index (χ1v) is 6.85. The van der Waals surface area contributed by atoms with Crippen molar-refractivity contribution in [2.24, 2.45) is 0 Å². The molecule has 1 amide bonds. The summed E-state index contributed by atoms with van der Waals surface area (Å²) < 4.78 is 37.0. The zero-order valence-electron chi connectivity index (χ0n) is 10.5. The van der Waals surface area contributed by atoms with E-state index in [1.807, 2.05) is 0 Å². The van der Waals surface area contributed by atoms with Crippen LogP contribution in [0.25, 0.3) is 0 Å². The van der Waals surface area contributed by atoms with Crippen LogP contribution in [0.2, 0.25) is 0 Å². The summed E-state index contributed by atoms with van der Waals surface area (Å²) in [6.07, 6.45) is -2.05. The summed E-state index contributed by atoms with van der Waals surface area (Å²) in [6, 6.07) is 0.182. The molecule has 0 bridgehead atoms. The molecule has 1 unspecified atom stereocenters. The number of carbonyl (C=O) groups is 1. The highest BCUT2D eigenvalue weighted by molar-refractivity contribution is 7.09. The minimum Gasteiger partial charge on any atom is -0.350 e. The van der Waals surface area contributed by atoms with Gasteiger partial charge in [0, 0.05) is 17.8 Å². The number of amides is 1. The molecule has 20 heavy (non-hydrogen) atoms. The van der Waals surface area contributed by atoms with E-state index >= 15 is 0 Å². The van der Waals surface area contributed by atoms with Crippen LogP contribution in [0.15, 0.2) is 5.38 Å². The fourth-order valence-corrected chi connectivity index (χ4v) is 2.66. The lowest BCUT2D eigenvalue weighted by atomic mass is 10.1. The maximum Gasteiger partial charge on any atom is 0.434 e. The van der Waals surface area contributed by atoms with Crippen molar-refractivity contribution in [2.75, 3.05) is 6.54 Å². The first kappa shape index (κ1) is 17.2. The van der Waals surface area contributed by atoms with Gasteiger partial charge in [-0.15, -0.1) is 23.7 Å². The molecule has 2 rings (SSSR count). The van der Waals surface area contributed by atoms with E-state index in [9.17, 15) is 18.0 Å². The predicted molar refractivity (Wildman–Crippen MR) is 71.9 cm³/mol. The van der Waals surface area contributed by atoms with Gasteiger partial charge in [0.1, 0.15) is 5.01 Å². The van der Waals surface area contributed by atoms with Gasteiger partial charge in [-0.3, -0.25) is 4.79 Å². The Bertz CT molecular complexity index is 446. The number of nitrogens with zero attached hydrogens (tertiary/aromatic N) is 1. The van der Waals surface area contributed by atoms with Gasteiger partial charge >= 0.3 is 6.18 Å². The molecule has 1 aliphatic heterocycles. The molecular formula is C11H15ClF3N3OS. The van der Waals surface area contributed by atoms with E-state index in [1.54, 1.807) is 0 Å². The Kier molecular flexibility index (Phi) is 6.22. The maximum atomic E-state index is 12.3. The minimum atomic E-state index is -4.42. The van der Waals surface area contributed by atoms with Crippen LogP contribution in [0.4, 0.5) is 13.2 Å². The summed E-state index contributed by atoms with van der Waals surface area (Å²) >= 11 is 0.900. The molecule has 0 radical (unpaired) electrons. The second kappa shape index (κ2) is 7.24. The topological polar surface area (TPSA) is 54.0 Å². The normalized spacial score (nSPS) is 18.6. The molecule has 1 aliphatic rings. The van der Waals surface area contributed by atoms with Gasteiger partial charge in [-0.05, 0) is 19.4 Å². The van der Waals surface area contributed by atoms with E-state index in [1.165, 1.54) is 0 Å². The number of thiazole rings is 1. The van der Waals surface area contributed by atoms with Gasteiger partial charge < -0.3 is 10.6 Å². The summed E-state index contributed by atoms with van der Waals surface area (Å²) in [5.41, 5.74) is -0.904. The fourth-order valence-electron chi connectivity index (χ4n) is 1.92. The van der Waals surface area contributed by atoms with Gasteiger partial charge in [0.15, 0.2) is 5.69 Å². The Morgan fingerprint density at radius 1 is 1.55 bits per heavy atom. The predicted octanol–water partition coefficient (Wildman–Crippen LogP) is 2.34. The van der Waals surface area contributed by atoms with Crippen LogP contribution in [0, 0.1) is 0 Å². The van der Waals surface area contributed by atoms with Crippen LogP contribution in [0.5, 0.6) is 0 Å².